The zero-order valence-electron chi connectivity index (χ0n) is 14.4. The van der Waals surface area contributed by atoms with Crippen molar-refractivity contribution in [1.82, 2.24) is 5.32 Å². The zero-order valence-corrected chi connectivity index (χ0v) is 15.2. The van der Waals surface area contributed by atoms with Gasteiger partial charge in [0.15, 0.2) is 5.11 Å². The highest BCUT2D eigenvalue weighted by Gasteiger charge is 2.13. The molecule has 0 bridgehead atoms. The smallest absolute Gasteiger partial charge is 0.269 e. The molecule has 0 unspecified atom stereocenters. The molecule has 0 heterocycles. The second-order valence-electron chi connectivity index (χ2n) is 5.27. The maximum absolute atomic E-state index is 12.4. The van der Waals surface area contributed by atoms with Crippen molar-refractivity contribution in [1.29, 1.82) is 0 Å². The molecule has 8 nitrogen and oxygen atoms in total. The number of nitro benzene ring substituents is 1. The maximum atomic E-state index is 12.4. The fourth-order valence-electron chi connectivity index (χ4n) is 2.17. The number of amides is 1. The number of thiocarbonyl (C=S) groups is 1. The highest BCUT2D eigenvalue weighted by Crippen LogP contribution is 2.23. The largest absolute Gasteiger partial charge is 0.497 e. The van der Waals surface area contributed by atoms with Gasteiger partial charge in [0.05, 0.1) is 19.1 Å². The number of benzene rings is 2. The number of nitrogens with zero attached hydrogens (tertiary/aromatic N) is 1. The molecular weight excluding hydrogens is 358 g/mol. The molecule has 2 aromatic rings. The van der Waals surface area contributed by atoms with Crippen molar-refractivity contribution in [3.05, 3.63) is 57.6 Å². The number of carbonyl (C=O) groups excluding carboxylic acids is 1. The van der Waals surface area contributed by atoms with E-state index in [-0.39, 0.29) is 10.8 Å². The van der Waals surface area contributed by atoms with Crippen molar-refractivity contribution in [2.75, 3.05) is 19.5 Å². The van der Waals surface area contributed by atoms with E-state index in [1.54, 1.807) is 25.1 Å². The molecule has 0 aliphatic carbocycles. The van der Waals surface area contributed by atoms with E-state index in [1.165, 1.54) is 32.4 Å². The van der Waals surface area contributed by atoms with Crippen LogP contribution in [-0.4, -0.2) is 30.2 Å². The molecule has 0 spiro atoms. The summed E-state index contributed by atoms with van der Waals surface area (Å²) in [5, 5.41) is 16.2. The number of methoxy groups -OCH3 is 2. The van der Waals surface area contributed by atoms with Crippen molar-refractivity contribution in [2.45, 2.75) is 6.92 Å². The van der Waals surface area contributed by atoms with Gasteiger partial charge in [-0.15, -0.1) is 0 Å². The van der Waals surface area contributed by atoms with Crippen LogP contribution in [0.1, 0.15) is 15.9 Å². The van der Waals surface area contributed by atoms with E-state index in [1.807, 2.05) is 0 Å². The Hall–Kier alpha value is -3.20. The van der Waals surface area contributed by atoms with Crippen LogP contribution in [-0.2, 0) is 0 Å². The van der Waals surface area contributed by atoms with Gasteiger partial charge in [-0.3, -0.25) is 20.2 Å². The van der Waals surface area contributed by atoms with E-state index >= 15 is 0 Å². The lowest BCUT2D eigenvalue weighted by Gasteiger charge is -2.12. The number of ether oxygens (including phenoxy) is 2. The third-order valence-corrected chi connectivity index (χ3v) is 3.71. The lowest BCUT2D eigenvalue weighted by atomic mass is 10.2. The first-order valence-electron chi connectivity index (χ1n) is 7.44. The summed E-state index contributed by atoms with van der Waals surface area (Å²) < 4.78 is 10.3. The first-order chi connectivity index (χ1) is 12.3. The lowest BCUT2D eigenvalue weighted by Crippen LogP contribution is -2.34. The van der Waals surface area contributed by atoms with E-state index in [0.717, 1.165) is 0 Å². The molecule has 9 heteroatoms. The van der Waals surface area contributed by atoms with E-state index in [0.29, 0.717) is 28.3 Å². The van der Waals surface area contributed by atoms with Gasteiger partial charge in [-0.2, -0.15) is 0 Å². The fourth-order valence-corrected chi connectivity index (χ4v) is 2.37. The van der Waals surface area contributed by atoms with E-state index < -0.39 is 10.8 Å². The quantitative estimate of drug-likeness (QED) is 0.470. The second kappa shape index (κ2) is 8.26. The molecule has 2 N–H and O–H groups in total. The number of nitro groups is 1. The van der Waals surface area contributed by atoms with Gasteiger partial charge >= 0.3 is 0 Å². The van der Waals surface area contributed by atoms with Crippen LogP contribution in [0.4, 0.5) is 11.4 Å². The summed E-state index contributed by atoms with van der Waals surface area (Å²) >= 11 is 5.14. The minimum absolute atomic E-state index is 0.0218. The predicted octanol–water partition coefficient (Wildman–Crippen LogP) is 3.05. The van der Waals surface area contributed by atoms with Crippen LogP contribution >= 0.6 is 12.2 Å². The number of nitrogens with one attached hydrogen (secondary N) is 2. The minimum atomic E-state index is -0.479. The van der Waals surface area contributed by atoms with Gasteiger partial charge in [-0.25, -0.2) is 0 Å². The van der Waals surface area contributed by atoms with E-state index in [9.17, 15) is 14.9 Å². The van der Waals surface area contributed by atoms with Gasteiger partial charge in [0.25, 0.3) is 11.6 Å². The summed E-state index contributed by atoms with van der Waals surface area (Å²) in [4.78, 5) is 22.7. The summed E-state index contributed by atoms with van der Waals surface area (Å²) in [5.41, 5.74) is 1.47. The standard InChI is InChI=1S/C17H17N3O5S/c1-10-6-12(20(22)23)4-5-15(10)18-17(26)19-16(21)11-7-13(24-2)9-14(8-11)25-3/h4-9H,1-3H3,(H2,18,19,21,26). The Morgan fingerprint density at radius 1 is 1.12 bits per heavy atom. The molecule has 136 valence electrons. The molecule has 1 amide bonds. The number of non-ortho nitro benzene ring substituents is 1. The Morgan fingerprint density at radius 2 is 1.73 bits per heavy atom. The SMILES string of the molecule is COc1cc(OC)cc(C(=O)NC(=S)Nc2ccc([N+](=O)[O-])cc2C)c1. The number of hydrogen-bond acceptors (Lipinski definition) is 6. The second-order valence-corrected chi connectivity index (χ2v) is 5.67. The third kappa shape index (κ3) is 4.67. The van der Waals surface area contributed by atoms with Gasteiger partial charge in [-0.05, 0) is 42.9 Å². The summed E-state index contributed by atoms with van der Waals surface area (Å²) in [6.07, 6.45) is 0. The van der Waals surface area contributed by atoms with Crippen LogP contribution in [0.3, 0.4) is 0 Å². The van der Waals surface area contributed by atoms with Crippen molar-refractivity contribution in [2.24, 2.45) is 0 Å². The van der Waals surface area contributed by atoms with Crippen molar-refractivity contribution in [3.8, 4) is 11.5 Å². The molecule has 0 aliphatic rings. The van der Waals surface area contributed by atoms with Crippen LogP contribution in [0.15, 0.2) is 36.4 Å². The van der Waals surface area contributed by atoms with Gasteiger partial charge in [0.2, 0.25) is 0 Å². The Bertz CT molecular complexity index is 847. The molecule has 26 heavy (non-hydrogen) atoms. The van der Waals surface area contributed by atoms with E-state index in [2.05, 4.69) is 10.6 Å². The topological polar surface area (TPSA) is 103 Å². The highest BCUT2D eigenvalue weighted by atomic mass is 32.1. The first-order valence-corrected chi connectivity index (χ1v) is 7.85. The summed E-state index contributed by atoms with van der Waals surface area (Å²) in [5.74, 6) is 0.499. The average molecular weight is 375 g/mol. The lowest BCUT2D eigenvalue weighted by molar-refractivity contribution is -0.384. The van der Waals surface area contributed by atoms with Crippen LogP contribution in [0.2, 0.25) is 0 Å². The van der Waals surface area contributed by atoms with Crippen molar-refractivity contribution < 1.29 is 19.2 Å². The number of aryl methyl sites for hydroxylation is 1. The van der Waals surface area contributed by atoms with Crippen LogP contribution in [0, 0.1) is 17.0 Å². The Labute approximate surface area is 155 Å². The third-order valence-electron chi connectivity index (χ3n) is 3.51. The Balaban J connectivity index is 2.10. The molecule has 0 fully saturated rings. The average Bonchev–Trinajstić information content (AvgIpc) is 2.62. The van der Waals surface area contributed by atoms with Crippen molar-refractivity contribution in [3.63, 3.8) is 0 Å². The maximum Gasteiger partial charge on any atom is 0.269 e. The fraction of sp³-hybridized carbons (Fsp3) is 0.176. The minimum Gasteiger partial charge on any atom is -0.497 e. The molecule has 2 aromatic carbocycles. The summed E-state index contributed by atoms with van der Waals surface area (Å²) in [6, 6.07) is 9.05. The number of hydrogen-bond donors (Lipinski definition) is 2. The van der Waals surface area contributed by atoms with Crippen LogP contribution in [0.25, 0.3) is 0 Å². The molecule has 2 rings (SSSR count). The first kappa shape index (κ1) is 19.1. The molecular formula is C17H17N3O5S. The molecule has 0 aliphatic heterocycles. The molecule has 0 aromatic heterocycles. The number of carbonyl (C=O) groups is 1. The predicted molar refractivity (Wildman–Crippen MR) is 101 cm³/mol. The van der Waals surface area contributed by atoms with E-state index in [4.69, 9.17) is 21.7 Å². The number of rotatable bonds is 5. The van der Waals surface area contributed by atoms with Gasteiger partial charge in [-0.1, -0.05) is 0 Å². The summed E-state index contributed by atoms with van der Waals surface area (Å²) in [6.45, 7) is 1.70. The molecule has 0 saturated heterocycles. The van der Waals surface area contributed by atoms with Gasteiger partial charge < -0.3 is 14.8 Å². The van der Waals surface area contributed by atoms with Crippen molar-refractivity contribution >= 4 is 34.6 Å². The normalized spacial score (nSPS) is 9.96. The summed E-state index contributed by atoms with van der Waals surface area (Å²) in [7, 11) is 2.97. The highest BCUT2D eigenvalue weighted by molar-refractivity contribution is 7.80. The van der Waals surface area contributed by atoms with Crippen LogP contribution in [0.5, 0.6) is 11.5 Å². The Kier molecular flexibility index (Phi) is 6.07. The van der Waals surface area contributed by atoms with Gasteiger partial charge in [0.1, 0.15) is 11.5 Å². The Morgan fingerprint density at radius 3 is 2.23 bits per heavy atom. The molecule has 0 atom stereocenters. The van der Waals surface area contributed by atoms with Crippen LogP contribution < -0.4 is 20.1 Å². The molecule has 0 radical (unpaired) electrons. The monoisotopic (exact) mass is 375 g/mol. The molecule has 0 saturated carbocycles. The zero-order chi connectivity index (χ0) is 19.3. The van der Waals surface area contributed by atoms with Gasteiger partial charge in [0, 0.05) is 29.4 Å². The number of anilines is 1.